The number of fused-ring (bicyclic) bond motifs is 1. The molecule has 0 saturated heterocycles. The topological polar surface area (TPSA) is 154 Å². The smallest absolute Gasteiger partial charge is 0.330 e. The molecule has 0 amide bonds. The Hall–Kier alpha value is -3.17. The van der Waals surface area contributed by atoms with Gasteiger partial charge in [0, 0.05) is 12.0 Å². The number of hydrogen-bond acceptors (Lipinski definition) is 8. The molecule has 1 aliphatic heterocycles. The van der Waals surface area contributed by atoms with E-state index in [-0.39, 0.29) is 43.6 Å². The fourth-order valence-corrected chi connectivity index (χ4v) is 4.16. The largest absolute Gasteiger partial charge is 0.481 e. The minimum Gasteiger partial charge on any atom is -0.481 e. The van der Waals surface area contributed by atoms with Crippen LogP contribution in [-0.2, 0) is 38.2 Å². The second-order valence-corrected chi connectivity index (χ2v) is 8.62. The number of cyclic esters (lactones) is 1. The minimum atomic E-state index is -1.13. The third-order valence-corrected chi connectivity index (χ3v) is 5.80. The maximum atomic E-state index is 12.3. The van der Waals surface area contributed by atoms with Gasteiger partial charge in [0.05, 0.1) is 31.8 Å². The number of carbonyl (C=O) groups is 5. The molecule has 34 heavy (non-hydrogen) atoms. The van der Waals surface area contributed by atoms with Gasteiger partial charge in [0.25, 0.3) is 0 Å². The SMILES string of the molecule is C[C@H]1CCC/C=C/[C@@H]2C[C@H](OC(=O)CCC(=O)O)C[C@H]2[C@H](OC(=O)CCC(=O)O)/C=C/C(=O)O1. The van der Waals surface area contributed by atoms with E-state index in [1.54, 1.807) is 6.92 Å². The summed E-state index contributed by atoms with van der Waals surface area (Å²) in [5.41, 5.74) is 0. The van der Waals surface area contributed by atoms with Crippen LogP contribution < -0.4 is 0 Å². The van der Waals surface area contributed by atoms with Crippen LogP contribution in [-0.4, -0.2) is 58.4 Å². The first-order valence-corrected chi connectivity index (χ1v) is 11.5. The molecule has 2 rings (SSSR count). The quantitative estimate of drug-likeness (QED) is 0.301. The molecule has 0 aromatic carbocycles. The zero-order valence-electron chi connectivity index (χ0n) is 19.2. The highest BCUT2D eigenvalue weighted by atomic mass is 16.6. The van der Waals surface area contributed by atoms with Crippen molar-refractivity contribution in [3.63, 3.8) is 0 Å². The first kappa shape index (κ1) is 27.1. The average molecular weight is 481 g/mol. The van der Waals surface area contributed by atoms with Crippen LogP contribution in [0.1, 0.15) is 64.7 Å². The van der Waals surface area contributed by atoms with Gasteiger partial charge in [-0.05, 0) is 51.0 Å². The molecule has 1 saturated carbocycles. The Balaban J connectivity index is 2.20. The number of carboxylic acids is 2. The summed E-state index contributed by atoms with van der Waals surface area (Å²) >= 11 is 0. The summed E-state index contributed by atoms with van der Waals surface area (Å²) in [6.45, 7) is 1.80. The first-order chi connectivity index (χ1) is 16.1. The fourth-order valence-electron chi connectivity index (χ4n) is 4.16. The van der Waals surface area contributed by atoms with Crippen LogP contribution in [0, 0.1) is 11.8 Å². The number of carboxylic acid groups (broad SMARTS) is 2. The second-order valence-electron chi connectivity index (χ2n) is 8.62. The van der Waals surface area contributed by atoms with E-state index in [0.717, 1.165) is 12.8 Å². The summed E-state index contributed by atoms with van der Waals surface area (Å²) in [6, 6.07) is 0. The number of hydrogen-bond donors (Lipinski definition) is 2. The van der Waals surface area contributed by atoms with Gasteiger partial charge >= 0.3 is 29.8 Å². The maximum absolute atomic E-state index is 12.3. The molecule has 0 bridgehead atoms. The van der Waals surface area contributed by atoms with E-state index in [9.17, 15) is 24.0 Å². The lowest BCUT2D eigenvalue weighted by atomic mass is 9.89. The molecule has 0 unspecified atom stereocenters. The standard InChI is InChI=1S/C24H32O10/c1-15-5-3-2-4-6-16-13-17(33-23(30)11-8-20(25)26)14-18(16)19(7-10-22(29)32-15)34-24(31)12-9-21(27)28/h4,6-7,10,15-19H,2-3,5,8-9,11-14H2,1H3,(H,25,26)(H,27,28)/b6-4+,10-7+/t15-,16+,17-,18+,19+/m0/s1. The Kier molecular flexibility index (Phi) is 10.8. The lowest BCUT2D eigenvalue weighted by Gasteiger charge is -2.24. The van der Waals surface area contributed by atoms with Gasteiger partial charge in [-0.2, -0.15) is 0 Å². The first-order valence-electron chi connectivity index (χ1n) is 11.5. The number of ether oxygens (including phenoxy) is 3. The van der Waals surface area contributed by atoms with Crippen molar-refractivity contribution in [2.75, 3.05) is 0 Å². The lowest BCUT2D eigenvalue weighted by molar-refractivity contribution is -0.154. The van der Waals surface area contributed by atoms with Crippen molar-refractivity contribution in [1.82, 2.24) is 0 Å². The Morgan fingerprint density at radius 3 is 2.26 bits per heavy atom. The average Bonchev–Trinajstić information content (AvgIpc) is 3.15. The number of carbonyl (C=O) groups excluding carboxylic acids is 3. The number of allylic oxidation sites excluding steroid dienone is 2. The summed E-state index contributed by atoms with van der Waals surface area (Å²) in [7, 11) is 0. The zero-order valence-corrected chi connectivity index (χ0v) is 19.2. The van der Waals surface area contributed by atoms with Crippen molar-refractivity contribution >= 4 is 29.8 Å². The zero-order chi connectivity index (χ0) is 25.1. The van der Waals surface area contributed by atoms with Gasteiger partial charge in [0.1, 0.15) is 12.2 Å². The maximum Gasteiger partial charge on any atom is 0.330 e. The highest BCUT2D eigenvalue weighted by Gasteiger charge is 2.40. The van der Waals surface area contributed by atoms with Gasteiger partial charge in [-0.1, -0.05) is 12.2 Å². The predicted molar refractivity (Wildman–Crippen MR) is 117 cm³/mol. The Labute approximate surface area is 197 Å². The predicted octanol–water partition coefficient (Wildman–Crippen LogP) is 2.79. The van der Waals surface area contributed by atoms with Crippen molar-refractivity contribution in [2.24, 2.45) is 11.8 Å². The van der Waals surface area contributed by atoms with Crippen molar-refractivity contribution in [1.29, 1.82) is 0 Å². The van der Waals surface area contributed by atoms with Crippen LogP contribution in [0.5, 0.6) is 0 Å². The molecule has 0 radical (unpaired) electrons. The van der Waals surface area contributed by atoms with E-state index >= 15 is 0 Å². The molecule has 2 aliphatic rings. The summed E-state index contributed by atoms with van der Waals surface area (Å²) in [5.74, 6) is -4.59. The van der Waals surface area contributed by atoms with Crippen LogP contribution in [0.15, 0.2) is 24.3 Å². The number of rotatable bonds is 8. The molecule has 188 valence electrons. The van der Waals surface area contributed by atoms with Crippen LogP contribution in [0.3, 0.4) is 0 Å². The van der Waals surface area contributed by atoms with E-state index in [1.807, 2.05) is 12.2 Å². The van der Waals surface area contributed by atoms with Gasteiger partial charge in [-0.3, -0.25) is 19.2 Å². The molecule has 2 N–H and O–H groups in total. The normalized spacial score (nSPS) is 29.2. The van der Waals surface area contributed by atoms with Crippen LogP contribution >= 0.6 is 0 Å². The molecular formula is C24H32O10. The lowest BCUT2D eigenvalue weighted by Crippen LogP contribution is -2.28. The Bertz CT molecular complexity index is 815. The Morgan fingerprint density at radius 2 is 1.62 bits per heavy atom. The van der Waals surface area contributed by atoms with E-state index in [0.29, 0.717) is 19.3 Å². The Morgan fingerprint density at radius 1 is 0.971 bits per heavy atom. The molecule has 5 atom stereocenters. The fraction of sp³-hybridized carbons (Fsp3) is 0.625. The molecule has 1 fully saturated rings. The second kappa shape index (κ2) is 13.5. The molecule has 0 aromatic heterocycles. The highest BCUT2D eigenvalue weighted by molar-refractivity contribution is 5.82. The minimum absolute atomic E-state index is 0.131. The van der Waals surface area contributed by atoms with E-state index < -0.39 is 42.1 Å². The molecule has 1 heterocycles. The number of aliphatic carboxylic acids is 2. The molecule has 10 nitrogen and oxygen atoms in total. The van der Waals surface area contributed by atoms with E-state index in [2.05, 4.69) is 0 Å². The summed E-state index contributed by atoms with van der Waals surface area (Å²) < 4.78 is 16.4. The molecule has 0 spiro atoms. The molecular weight excluding hydrogens is 448 g/mol. The van der Waals surface area contributed by atoms with E-state index in [4.69, 9.17) is 24.4 Å². The van der Waals surface area contributed by atoms with Crippen LogP contribution in [0.2, 0.25) is 0 Å². The summed E-state index contributed by atoms with van der Waals surface area (Å²) in [6.07, 6.45) is 6.79. The van der Waals surface area contributed by atoms with Gasteiger partial charge in [0.2, 0.25) is 0 Å². The van der Waals surface area contributed by atoms with Crippen molar-refractivity contribution in [3.8, 4) is 0 Å². The summed E-state index contributed by atoms with van der Waals surface area (Å²) in [5, 5.41) is 17.6. The van der Waals surface area contributed by atoms with Crippen molar-refractivity contribution in [3.05, 3.63) is 24.3 Å². The van der Waals surface area contributed by atoms with Gasteiger partial charge in [-0.25, -0.2) is 4.79 Å². The third-order valence-electron chi connectivity index (χ3n) is 5.80. The molecule has 1 aliphatic carbocycles. The van der Waals surface area contributed by atoms with Crippen molar-refractivity contribution in [2.45, 2.75) is 83.0 Å². The highest BCUT2D eigenvalue weighted by Crippen LogP contribution is 2.39. The van der Waals surface area contributed by atoms with E-state index in [1.165, 1.54) is 12.2 Å². The molecule has 10 heteroatoms. The van der Waals surface area contributed by atoms with Crippen molar-refractivity contribution < 1.29 is 48.4 Å². The third kappa shape index (κ3) is 9.76. The monoisotopic (exact) mass is 480 g/mol. The summed E-state index contributed by atoms with van der Waals surface area (Å²) in [4.78, 5) is 58.1. The van der Waals surface area contributed by atoms with Gasteiger partial charge < -0.3 is 24.4 Å². The van der Waals surface area contributed by atoms with Gasteiger partial charge in [-0.15, -0.1) is 0 Å². The van der Waals surface area contributed by atoms with Crippen LogP contribution in [0.25, 0.3) is 0 Å². The molecule has 0 aromatic rings. The van der Waals surface area contributed by atoms with Gasteiger partial charge in [0.15, 0.2) is 0 Å². The number of esters is 3. The van der Waals surface area contributed by atoms with Crippen LogP contribution in [0.4, 0.5) is 0 Å².